The molecule has 2 fully saturated rings. The molecule has 2 rings (SSSR count). The Bertz CT molecular complexity index is 262. The number of ether oxygens (including phenoxy) is 1. The second-order valence-electron chi connectivity index (χ2n) is 5.01. The van der Waals surface area contributed by atoms with Gasteiger partial charge in [-0.3, -0.25) is 4.79 Å². The molecule has 0 radical (unpaired) electrons. The van der Waals surface area contributed by atoms with Crippen molar-refractivity contribution in [2.24, 2.45) is 0 Å². The van der Waals surface area contributed by atoms with Gasteiger partial charge in [0, 0.05) is 13.1 Å². The second-order valence-corrected chi connectivity index (χ2v) is 5.01. The first-order chi connectivity index (χ1) is 7.65. The molecule has 2 aliphatic rings. The lowest BCUT2D eigenvalue weighted by Gasteiger charge is -2.37. The van der Waals surface area contributed by atoms with Gasteiger partial charge in [-0.15, -0.1) is 0 Å². The van der Waals surface area contributed by atoms with Crippen LogP contribution in [0.2, 0.25) is 0 Å². The fraction of sp³-hybridized carbons (Fsp3) is 0.917. The highest BCUT2D eigenvalue weighted by atomic mass is 16.5. The van der Waals surface area contributed by atoms with Crippen LogP contribution in [0.3, 0.4) is 0 Å². The van der Waals surface area contributed by atoms with Gasteiger partial charge in [0.05, 0.1) is 18.2 Å². The van der Waals surface area contributed by atoms with E-state index in [1.54, 1.807) is 0 Å². The predicted molar refractivity (Wildman–Crippen MR) is 62.3 cm³/mol. The summed E-state index contributed by atoms with van der Waals surface area (Å²) in [6.45, 7) is 7.27. The van der Waals surface area contributed by atoms with Crippen LogP contribution in [0.1, 0.15) is 33.1 Å². The number of carbonyl (C=O) groups excluding carboxylic acids is 1. The van der Waals surface area contributed by atoms with Gasteiger partial charge in [-0.05, 0) is 32.7 Å². The van der Waals surface area contributed by atoms with Gasteiger partial charge < -0.3 is 15.0 Å². The van der Waals surface area contributed by atoms with Crippen molar-refractivity contribution >= 4 is 5.91 Å². The van der Waals surface area contributed by atoms with Crippen LogP contribution in [0.25, 0.3) is 0 Å². The van der Waals surface area contributed by atoms with Crippen molar-refractivity contribution in [1.82, 2.24) is 10.2 Å². The molecule has 1 N–H and O–H groups in total. The normalized spacial score (nSPS) is 35.4. The lowest BCUT2D eigenvalue weighted by Crippen LogP contribution is -2.57. The Labute approximate surface area is 97.3 Å². The van der Waals surface area contributed by atoms with Crippen molar-refractivity contribution < 1.29 is 9.53 Å². The van der Waals surface area contributed by atoms with Crippen molar-refractivity contribution in [3.05, 3.63) is 0 Å². The first kappa shape index (κ1) is 11.9. The number of morpholine rings is 1. The maximum absolute atomic E-state index is 12.4. The molecule has 2 atom stereocenters. The van der Waals surface area contributed by atoms with Crippen LogP contribution in [0.4, 0.5) is 0 Å². The number of amides is 1. The summed E-state index contributed by atoms with van der Waals surface area (Å²) in [6.07, 6.45) is 3.26. The summed E-state index contributed by atoms with van der Waals surface area (Å²) in [5.41, 5.74) is -0.324. The minimum atomic E-state index is -0.324. The van der Waals surface area contributed by atoms with Gasteiger partial charge in [0.2, 0.25) is 5.91 Å². The zero-order valence-electron chi connectivity index (χ0n) is 10.3. The smallest absolute Gasteiger partial charge is 0.242 e. The Kier molecular flexibility index (Phi) is 3.50. The molecule has 0 aromatic heterocycles. The van der Waals surface area contributed by atoms with Crippen LogP contribution >= 0.6 is 0 Å². The molecular formula is C12H22N2O2. The SMILES string of the molecule is CCC1CN(C(=O)C2(C)CCCN2)CCO1. The average molecular weight is 226 g/mol. The van der Waals surface area contributed by atoms with E-state index in [9.17, 15) is 4.79 Å². The highest BCUT2D eigenvalue weighted by Gasteiger charge is 2.40. The minimum absolute atomic E-state index is 0.225. The van der Waals surface area contributed by atoms with Gasteiger partial charge in [-0.2, -0.15) is 0 Å². The minimum Gasteiger partial charge on any atom is -0.375 e. The van der Waals surface area contributed by atoms with Crippen LogP contribution in [0.15, 0.2) is 0 Å². The van der Waals surface area contributed by atoms with E-state index >= 15 is 0 Å². The van der Waals surface area contributed by atoms with Crippen molar-refractivity contribution in [3.8, 4) is 0 Å². The molecule has 4 nitrogen and oxygen atoms in total. The van der Waals surface area contributed by atoms with E-state index in [1.165, 1.54) is 0 Å². The molecule has 2 heterocycles. The maximum atomic E-state index is 12.4. The zero-order chi connectivity index (χ0) is 11.6. The number of hydrogen-bond donors (Lipinski definition) is 1. The van der Waals surface area contributed by atoms with Crippen LogP contribution in [-0.4, -0.2) is 48.7 Å². The third-order valence-electron chi connectivity index (χ3n) is 3.72. The Morgan fingerprint density at radius 3 is 3.06 bits per heavy atom. The van der Waals surface area contributed by atoms with E-state index in [4.69, 9.17) is 4.74 Å². The lowest BCUT2D eigenvalue weighted by molar-refractivity contribution is -0.144. The third-order valence-corrected chi connectivity index (χ3v) is 3.72. The number of nitrogens with zero attached hydrogens (tertiary/aromatic N) is 1. The number of carbonyl (C=O) groups is 1. The number of nitrogens with one attached hydrogen (secondary N) is 1. The molecule has 2 aliphatic heterocycles. The Hall–Kier alpha value is -0.610. The quantitative estimate of drug-likeness (QED) is 0.756. The van der Waals surface area contributed by atoms with Crippen LogP contribution in [0, 0.1) is 0 Å². The number of hydrogen-bond acceptors (Lipinski definition) is 3. The number of rotatable bonds is 2. The first-order valence-electron chi connectivity index (χ1n) is 6.32. The monoisotopic (exact) mass is 226 g/mol. The highest BCUT2D eigenvalue weighted by molar-refractivity contribution is 5.86. The van der Waals surface area contributed by atoms with Gasteiger partial charge in [0.25, 0.3) is 0 Å². The molecule has 2 saturated heterocycles. The summed E-state index contributed by atoms with van der Waals surface area (Å²) in [6, 6.07) is 0. The molecule has 2 unspecified atom stereocenters. The Morgan fingerprint density at radius 2 is 2.44 bits per heavy atom. The predicted octanol–water partition coefficient (Wildman–Crippen LogP) is 0.766. The van der Waals surface area contributed by atoms with Crippen molar-refractivity contribution in [1.29, 1.82) is 0 Å². The molecule has 0 bridgehead atoms. The molecule has 0 aromatic carbocycles. The molecule has 1 amide bonds. The topological polar surface area (TPSA) is 41.6 Å². The van der Waals surface area contributed by atoms with Crippen LogP contribution < -0.4 is 5.32 Å². The molecule has 0 spiro atoms. The summed E-state index contributed by atoms with van der Waals surface area (Å²) in [4.78, 5) is 14.4. The molecule has 0 aromatic rings. The highest BCUT2D eigenvalue weighted by Crippen LogP contribution is 2.22. The van der Waals surface area contributed by atoms with E-state index in [0.29, 0.717) is 6.61 Å². The average Bonchev–Trinajstić information content (AvgIpc) is 2.76. The summed E-state index contributed by atoms with van der Waals surface area (Å²) >= 11 is 0. The van der Waals surface area contributed by atoms with Crippen molar-refractivity contribution in [2.75, 3.05) is 26.2 Å². The molecule has 16 heavy (non-hydrogen) atoms. The molecular weight excluding hydrogens is 204 g/mol. The fourth-order valence-electron chi connectivity index (χ4n) is 2.58. The van der Waals surface area contributed by atoms with E-state index in [2.05, 4.69) is 12.2 Å². The molecule has 92 valence electrons. The van der Waals surface area contributed by atoms with Gasteiger partial charge in [0.1, 0.15) is 0 Å². The fourth-order valence-corrected chi connectivity index (χ4v) is 2.58. The third kappa shape index (κ3) is 2.23. The maximum Gasteiger partial charge on any atom is 0.242 e. The van der Waals surface area contributed by atoms with Gasteiger partial charge >= 0.3 is 0 Å². The van der Waals surface area contributed by atoms with Gasteiger partial charge in [-0.1, -0.05) is 6.92 Å². The summed E-state index contributed by atoms with van der Waals surface area (Å²) in [7, 11) is 0. The van der Waals surface area contributed by atoms with Crippen LogP contribution in [0.5, 0.6) is 0 Å². The Balaban J connectivity index is 1.98. The van der Waals surface area contributed by atoms with Gasteiger partial charge in [0.15, 0.2) is 0 Å². The Morgan fingerprint density at radius 1 is 1.62 bits per heavy atom. The summed E-state index contributed by atoms with van der Waals surface area (Å²) < 4.78 is 5.59. The van der Waals surface area contributed by atoms with Crippen molar-refractivity contribution in [3.63, 3.8) is 0 Å². The molecule has 0 saturated carbocycles. The summed E-state index contributed by atoms with van der Waals surface area (Å²) in [5.74, 6) is 0.256. The van der Waals surface area contributed by atoms with E-state index in [-0.39, 0.29) is 17.6 Å². The van der Waals surface area contributed by atoms with E-state index in [1.807, 2.05) is 11.8 Å². The first-order valence-corrected chi connectivity index (χ1v) is 6.32. The van der Waals surface area contributed by atoms with Gasteiger partial charge in [-0.25, -0.2) is 0 Å². The largest absolute Gasteiger partial charge is 0.375 e. The van der Waals surface area contributed by atoms with E-state index in [0.717, 1.165) is 38.9 Å². The zero-order valence-corrected chi connectivity index (χ0v) is 10.3. The standard InChI is InChI=1S/C12H22N2O2/c1-3-10-9-14(7-8-16-10)11(15)12(2)5-4-6-13-12/h10,13H,3-9H2,1-2H3. The lowest BCUT2D eigenvalue weighted by atomic mass is 9.98. The molecule has 4 heteroatoms. The molecule has 0 aliphatic carbocycles. The van der Waals surface area contributed by atoms with Crippen LogP contribution in [-0.2, 0) is 9.53 Å². The summed E-state index contributed by atoms with van der Waals surface area (Å²) in [5, 5.41) is 3.33. The van der Waals surface area contributed by atoms with E-state index < -0.39 is 0 Å². The second kappa shape index (κ2) is 4.72. The van der Waals surface area contributed by atoms with Crippen molar-refractivity contribution in [2.45, 2.75) is 44.8 Å².